The third-order valence-electron chi connectivity index (χ3n) is 4.58. The van der Waals surface area contributed by atoms with Crippen molar-refractivity contribution in [1.82, 2.24) is 0 Å². The molecule has 0 aliphatic heterocycles. The molecule has 30 heavy (non-hydrogen) atoms. The lowest BCUT2D eigenvalue weighted by Crippen LogP contribution is -2.04. The molecular formula is C23H28ClF3N2O. The molecule has 0 amide bonds. The fourth-order valence-corrected chi connectivity index (χ4v) is 3.11. The Bertz CT molecular complexity index is 792. The highest BCUT2D eigenvalue weighted by Crippen LogP contribution is 2.30. The van der Waals surface area contributed by atoms with Crippen molar-refractivity contribution in [2.45, 2.75) is 58.0 Å². The van der Waals surface area contributed by atoms with Gasteiger partial charge in [0.1, 0.15) is 5.75 Å². The number of hydrazone groups is 1. The zero-order valence-corrected chi connectivity index (χ0v) is 17.9. The van der Waals surface area contributed by atoms with Crippen molar-refractivity contribution in [1.29, 1.82) is 0 Å². The summed E-state index contributed by atoms with van der Waals surface area (Å²) in [4.78, 5) is 0. The van der Waals surface area contributed by atoms with E-state index in [0.29, 0.717) is 23.1 Å². The van der Waals surface area contributed by atoms with Crippen LogP contribution in [0.4, 0.5) is 18.9 Å². The van der Waals surface area contributed by atoms with E-state index in [2.05, 4.69) is 17.5 Å². The van der Waals surface area contributed by atoms with E-state index in [1.54, 1.807) is 18.3 Å². The van der Waals surface area contributed by atoms with Gasteiger partial charge in [-0.05, 0) is 54.4 Å². The van der Waals surface area contributed by atoms with E-state index in [1.165, 1.54) is 44.2 Å². The van der Waals surface area contributed by atoms with Gasteiger partial charge in [0.15, 0.2) is 0 Å². The summed E-state index contributed by atoms with van der Waals surface area (Å²) >= 11 is 6.27. The van der Waals surface area contributed by atoms with E-state index in [9.17, 15) is 13.2 Å². The number of nitrogens with zero attached hydrogens (tertiary/aromatic N) is 1. The van der Waals surface area contributed by atoms with Crippen molar-refractivity contribution in [3.05, 3.63) is 58.6 Å². The van der Waals surface area contributed by atoms with Crippen LogP contribution in [0.2, 0.25) is 5.02 Å². The second-order valence-corrected chi connectivity index (χ2v) is 7.51. The number of hydrogen-bond acceptors (Lipinski definition) is 3. The summed E-state index contributed by atoms with van der Waals surface area (Å²) in [5.41, 5.74) is 3.21. The van der Waals surface area contributed by atoms with E-state index < -0.39 is 11.7 Å². The second-order valence-electron chi connectivity index (χ2n) is 7.10. The summed E-state index contributed by atoms with van der Waals surface area (Å²) in [5, 5.41) is 4.53. The van der Waals surface area contributed by atoms with E-state index in [-0.39, 0.29) is 0 Å². The smallest absolute Gasteiger partial charge is 0.416 e. The Hall–Kier alpha value is -2.21. The molecular weight excluding hydrogens is 413 g/mol. The topological polar surface area (TPSA) is 33.6 Å². The summed E-state index contributed by atoms with van der Waals surface area (Å²) in [5.74, 6) is 0.635. The van der Waals surface area contributed by atoms with Gasteiger partial charge >= 0.3 is 6.18 Å². The van der Waals surface area contributed by atoms with Gasteiger partial charge in [-0.1, -0.05) is 57.0 Å². The number of nitrogens with one attached hydrogen (secondary N) is 1. The molecule has 0 aromatic heterocycles. The number of ether oxygens (including phenoxy) is 1. The summed E-state index contributed by atoms with van der Waals surface area (Å²) in [6, 6.07) is 10.0. The monoisotopic (exact) mass is 440 g/mol. The van der Waals surface area contributed by atoms with E-state index in [1.807, 2.05) is 6.07 Å². The molecule has 7 heteroatoms. The Morgan fingerprint density at radius 3 is 2.27 bits per heavy atom. The molecule has 2 aromatic carbocycles. The predicted molar refractivity (Wildman–Crippen MR) is 118 cm³/mol. The highest BCUT2D eigenvalue weighted by atomic mass is 35.5. The highest BCUT2D eigenvalue weighted by molar-refractivity contribution is 6.32. The molecule has 0 saturated heterocycles. The quantitative estimate of drug-likeness (QED) is 0.206. The molecule has 1 N–H and O–H groups in total. The molecule has 0 aliphatic rings. The maximum Gasteiger partial charge on any atom is 0.416 e. The molecule has 0 heterocycles. The van der Waals surface area contributed by atoms with Gasteiger partial charge in [0.2, 0.25) is 0 Å². The largest absolute Gasteiger partial charge is 0.492 e. The SMILES string of the molecule is CCCCCCCCCOc1ccc(C=NNc2ccc(C(F)(F)F)cc2)cc1Cl. The average molecular weight is 441 g/mol. The first-order valence-corrected chi connectivity index (χ1v) is 10.7. The number of benzene rings is 2. The Balaban J connectivity index is 1.75. The fraction of sp³-hybridized carbons (Fsp3) is 0.435. The molecule has 0 atom stereocenters. The van der Waals surface area contributed by atoms with Gasteiger partial charge in [0.25, 0.3) is 0 Å². The summed E-state index contributed by atoms with van der Waals surface area (Å²) in [7, 11) is 0. The van der Waals surface area contributed by atoms with Gasteiger partial charge in [0, 0.05) is 0 Å². The minimum atomic E-state index is -4.35. The number of alkyl halides is 3. The van der Waals surface area contributed by atoms with Gasteiger partial charge in [-0.3, -0.25) is 5.43 Å². The second kappa shape index (κ2) is 12.5. The van der Waals surface area contributed by atoms with Crippen LogP contribution in [0.15, 0.2) is 47.6 Å². The lowest BCUT2D eigenvalue weighted by molar-refractivity contribution is -0.137. The zero-order chi connectivity index (χ0) is 21.8. The van der Waals surface area contributed by atoms with Crippen molar-refractivity contribution < 1.29 is 17.9 Å². The van der Waals surface area contributed by atoms with E-state index in [0.717, 1.165) is 30.5 Å². The minimum absolute atomic E-state index is 0.458. The highest BCUT2D eigenvalue weighted by Gasteiger charge is 2.29. The first-order valence-electron chi connectivity index (χ1n) is 10.3. The molecule has 3 nitrogen and oxygen atoms in total. The van der Waals surface area contributed by atoms with Crippen LogP contribution in [0.25, 0.3) is 0 Å². The van der Waals surface area contributed by atoms with Crippen LogP contribution in [0.3, 0.4) is 0 Å². The number of halogens is 4. The Morgan fingerprint density at radius 2 is 1.63 bits per heavy atom. The van der Waals surface area contributed by atoms with Crippen molar-refractivity contribution in [3.63, 3.8) is 0 Å². The Morgan fingerprint density at radius 1 is 0.967 bits per heavy atom. The normalized spacial score (nSPS) is 11.8. The molecule has 0 spiro atoms. The lowest BCUT2D eigenvalue weighted by atomic mass is 10.1. The Kier molecular flexibility index (Phi) is 10.0. The number of hydrogen-bond donors (Lipinski definition) is 1. The molecule has 2 aromatic rings. The zero-order valence-electron chi connectivity index (χ0n) is 17.1. The lowest BCUT2D eigenvalue weighted by Gasteiger charge is -2.09. The van der Waals surface area contributed by atoms with Crippen molar-refractivity contribution in [2.75, 3.05) is 12.0 Å². The van der Waals surface area contributed by atoms with Crippen LogP contribution in [0, 0.1) is 0 Å². The van der Waals surface area contributed by atoms with Crippen LogP contribution in [0.5, 0.6) is 5.75 Å². The molecule has 164 valence electrons. The molecule has 0 fully saturated rings. The molecule has 2 rings (SSSR count). The van der Waals surface area contributed by atoms with Gasteiger partial charge < -0.3 is 4.74 Å². The first kappa shape index (κ1) is 24.1. The van der Waals surface area contributed by atoms with Gasteiger partial charge in [-0.15, -0.1) is 0 Å². The van der Waals surface area contributed by atoms with Crippen LogP contribution in [0.1, 0.15) is 63.0 Å². The van der Waals surface area contributed by atoms with Crippen molar-refractivity contribution in [2.24, 2.45) is 5.10 Å². The molecule has 0 radical (unpaired) electrons. The minimum Gasteiger partial charge on any atom is -0.492 e. The van der Waals surface area contributed by atoms with Crippen molar-refractivity contribution in [3.8, 4) is 5.75 Å². The van der Waals surface area contributed by atoms with Crippen LogP contribution >= 0.6 is 11.6 Å². The fourth-order valence-electron chi connectivity index (χ4n) is 2.87. The van der Waals surface area contributed by atoms with Gasteiger partial charge in [0.05, 0.1) is 29.1 Å². The molecule has 0 unspecified atom stereocenters. The van der Waals surface area contributed by atoms with Gasteiger partial charge in [-0.2, -0.15) is 18.3 Å². The third-order valence-corrected chi connectivity index (χ3v) is 4.88. The van der Waals surface area contributed by atoms with Crippen LogP contribution in [-0.2, 0) is 6.18 Å². The predicted octanol–water partition coefficient (Wildman–Crippen LogP) is 7.93. The summed E-state index contributed by atoms with van der Waals surface area (Å²) in [6.45, 7) is 2.85. The van der Waals surface area contributed by atoms with Crippen molar-refractivity contribution >= 4 is 23.5 Å². The van der Waals surface area contributed by atoms with Crippen LogP contribution < -0.4 is 10.2 Å². The standard InChI is InChI=1S/C23H28ClF3N2O/c1-2-3-4-5-6-7-8-15-30-22-14-9-18(16-21(22)24)17-28-29-20-12-10-19(11-13-20)23(25,26)27/h9-14,16-17,29H,2-8,15H2,1H3. The first-order chi connectivity index (χ1) is 14.4. The van der Waals surface area contributed by atoms with E-state index >= 15 is 0 Å². The summed E-state index contributed by atoms with van der Waals surface area (Å²) < 4.78 is 43.4. The summed E-state index contributed by atoms with van der Waals surface area (Å²) in [6.07, 6.45) is 5.74. The Labute approximate surface area is 181 Å². The molecule has 0 aliphatic carbocycles. The van der Waals surface area contributed by atoms with Crippen LogP contribution in [-0.4, -0.2) is 12.8 Å². The average Bonchev–Trinajstić information content (AvgIpc) is 2.71. The maximum absolute atomic E-state index is 12.6. The van der Waals surface area contributed by atoms with Gasteiger partial charge in [-0.25, -0.2) is 0 Å². The number of rotatable bonds is 12. The number of unbranched alkanes of at least 4 members (excludes halogenated alkanes) is 6. The maximum atomic E-state index is 12.6. The molecule has 0 saturated carbocycles. The number of anilines is 1. The molecule has 0 bridgehead atoms. The third kappa shape index (κ3) is 8.66. The van der Waals surface area contributed by atoms with E-state index in [4.69, 9.17) is 16.3 Å².